The molecule has 3 heteroatoms. The van der Waals surface area contributed by atoms with Gasteiger partial charge in [-0.2, -0.15) is 0 Å². The number of rotatable bonds is 4. The number of nitrogens with two attached hydrogens (primary N) is 1. The van der Waals surface area contributed by atoms with Crippen molar-refractivity contribution in [2.24, 2.45) is 5.73 Å². The van der Waals surface area contributed by atoms with E-state index in [9.17, 15) is 4.39 Å². The van der Waals surface area contributed by atoms with Crippen molar-refractivity contribution in [2.75, 3.05) is 6.67 Å². The molecule has 0 radical (unpaired) electrons. The number of aliphatic hydroxyl groups excluding tert-OH is 1. The first-order chi connectivity index (χ1) is 6.24. The molecule has 2 nitrogen and oxygen atoms in total. The van der Waals surface area contributed by atoms with Crippen LogP contribution in [0.5, 0.6) is 0 Å². The van der Waals surface area contributed by atoms with Crippen LogP contribution in [0.15, 0.2) is 30.3 Å². The lowest BCUT2D eigenvalue weighted by atomic mass is 10.0. The van der Waals surface area contributed by atoms with Crippen LogP contribution in [-0.4, -0.2) is 23.9 Å². The van der Waals surface area contributed by atoms with Crippen LogP contribution in [-0.2, 0) is 6.42 Å². The van der Waals surface area contributed by atoms with Crippen molar-refractivity contribution in [1.29, 1.82) is 0 Å². The third kappa shape index (κ3) is 3.13. The van der Waals surface area contributed by atoms with Gasteiger partial charge in [0.2, 0.25) is 0 Å². The zero-order chi connectivity index (χ0) is 9.68. The minimum absolute atomic E-state index is 0.506. The van der Waals surface area contributed by atoms with Crippen LogP contribution >= 0.6 is 0 Å². The Kier molecular flexibility index (Phi) is 3.86. The van der Waals surface area contributed by atoms with Gasteiger partial charge in [0.05, 0.1) is 6.10 Å². The molecule has 1 aromatic carbocycles. The summed E-state index contributed by atoms with van der Waals surface area (Å²) in [5.74, 6) is 0. The molecule has 0 bridgehead atoms. The first-order valence-corrected chi connectivity index (χ1v) is 4.27. The van der Waals surface area contributed by atoms with Crippen molar-refractivity contribution >= 4 is 0 Å². The van der Waals surface area contributed by atoms with Crippen molar-refractivity contribution in [1.82, 2.24) is 0 Å². The van der Waals surface area contributed by atoms with E-state index in [0.717, 1.165) is 5.56 Å². The van der Waals surface area contributed by atoms with Crippen LogP contribution in [0.3, 0.4) is 0 Å². The van der Waals surface area contributed by atoms with Crippen LogP contribution in [0.25, 0.3) is 0 Å². The highest BCUT2D eigenvalue weighted by molar-refractivity contribution is 5.16. The van der Waals surface area contributed by atoms with Gasteiger partial charge < -0.3 is 10.8 Å². The quantitative estimate of drug-likeness (QED) is 0.728. The van der Waals surface area contributed by atoms with Gasteiger partial charge in [0.15, 0.2) is 0 Å². The Labute approximate surface area is 77.2 Å². The standard InChI is InChI=1S/C10H14FNO/c11-7-10(13)9(12)6-8-4-2-1-3-5-8/h1-5,9-10,13H,6-7,12H2/t9-,10+/m1/s1. The van der Waals surface area contributed by atoms with Gasteiger partial charge in [-0.1, -0.05) is 30.3 Å². The summed E-state index contributed by atoms with van der Waals surface area (Å²) in [4.78, 5) is 0. The Hall–Kier alpha value is -0.930. The normalized spacial score (nSPS) is 15.3. The van der Waals surface area contributed by atoms with Crippen molar-refractivity contribution in [2.45, 2.75) is 18.6 Å². The zero-order valence-electron chi connectivity index (χ0n) is 7.36. The maximum atomic E-state index is 12.0. The average Bonchev–Trinajstić information content (AvgIpc) is 2.18. The van der Waals surface area contributed by atoms with Gasteiger partial charge in [0.1, 0.15) is 6.67 Å². The number of hydrogen-bond acceptors (Lipinski definition) is 2. The largest absolute Gasteiger partial charge is 0.389 e. The Morgan fingerprint density at radius 3 is 2.46 bits per heavy atom. The van der Waals surface area contributed by atoms with Crippen LogP contribution in [0.2, 0.25) is 0 Å². The smallest absolute Gasteiger partial charge is 0.117 e. The maximum absolute atomic E-state index is 12.0. The highest BCUT2D eigenvalue weighted by Crippen LogP contribution is 2.04. The average molecular weight is 183 g/mol. The molecule has 0 aliphatic heterocycles. The molecule has 13 heavy (non-hydrogen) atoms. The molecule has 0 unspecified atom stereocenters. The van der Waals surface area contributed by atoms with Crippen LogP contribution in [0.4, 0.5) is 4.39 Å². The topological polar surface area (TPSA) is 46.2 Å². The van der Waals surface area contributed by atoms with Gasteiger partial charge in [-0.25, -0.2) is 4.39 Å². The maximum Gasteiger partial charge on any atom is 0.117 e. The molecule has 0 amide bonds. The molecule has 0 aliphatic carbocycles. The van der Waals surface area contributed by atoms with Crippen molar-refractivity contribution in [3.63, 3.8) is 0 Å². The fourth-order valence-electron chi connectivity index (χ4n) is 1.14. The summed E-state index contributed by atoms with van der Waals surface area (Å²) in [6.45, 7) is -0.784. The summed E-state index contributed by atoms with van der Waals surface area (Å²) in [7, 11) is 0. The Morgan fingerprint density at radius 2 is 1.92 bits per heavy atom. The fourth-order valence-corrected chi connectivity index (χ4v) is 1.14. The van der Waals surface area contributed by atoms with Crippen molar-refractivity contribution in [3.8, 4) is 0 Å². The number of alkyl halides is 1. The third-order valence-corrected chi connectivity index (χ3v) is 1.97. The van der Waals surface area contributed by atoms with Crippen LogP contribution in [0.1, 0.15) is 5.56 Å². The molecule has 0 saturated carbocycles. The van der Waals surface area contributed by atoms with Gasteiger partial charge >= 0.3 is 0 Å². The highest BCUT2D eigenvalue weighted by atomic mass is 19.1. The molecule has 3 N–H and O–H groups in total. The molecule has 0 fully saturated rings. The lowest BCUT2D eigenvalue weighted by Gasteiger charge is -2.15. The SMILES string of the molecule is N[C@H](Cc1ccccc1)[C@@H](O)CF. The predicted octanol–water partition coefficient (Wildman–Crippen LogP) is 0.887. The highest BCUT2D eigenvalue weighted by Gasteiger charge is 2.14. The first-order valence-electron chi connectivity index (χ1n) is 4.27. The summed E-state index contributed by atoms with van der Waals surface area (Å²) < 4.78 is 12.0. The van der Waals surface area contributed by atoms with Gasteiger partial charge in [-0.05, 0) is 12.0 Å². The van der Waals surface area contributed by atoms with Gasteiger partial charge in [-0.3, -0.25) is 0 Å². The predicted molar refractivity (Wildman–Crippen MR) is 50.1 cm³/mol. The van der Waals surface area contributed by atoms with E-state index in [1.165, 1.54) is 0 Å². The van der Waals surface area contributed by atoms with E-state index in [4.69, 9.17) is 10.8 Å². The summed E-state index contributed by atoms with van der Waals surface area (Å²) in [5.41, 5.74) is 6.59. The van der Waals surface area contributed by atoms with Crippen molar-refractivity contribution < 1.29 is 9.50 Å². The van der Waals surface area contributed by atoms with Gasteiger partial charge in [0, 0.05) is 6.04 Å². The lowest BCUT2D eigenvalue weighted by molar-refractivity contribution is 0.113. The zero-order valence-corrected chi connectivity index (χ0v) is 7.36. The van der Waals surface area contributed by atoms with E-state index in [-0.39, 0.29) is 0 Å². The molecular formula is C10H14FNO. The molecule has 0 saturated heterocycles. The van der Waals surface area contributed by atoms with Crippen molar-refractivity contribution in [3.05, 3.63) is 35.9 Å². The molecular weight excluding hydrogens is 169 g/mol. The summed E-state index contributed by atoms with van der Waals surface area (Å²) in [6.07, 6.45) is -0.549. The summed E-state index contributed by atoms with van der Waals surface area (Å²) in [5, 5.41) is 9.09. The minimum atomic E-state index is -1.06. The van der Waals surface area contributed by atoms with E-state index in [1.807, 2.05) is 30.3 Å². The summed E-state index contributed by atoms with van der Waals surface area (Å²) >= 11 is 0. The number of aliphatic hydroxyl groups is 1. The second-order valence-electron chi connectivity index (χ2n) is 3.08. The molecule has 1 aromatic rings. The minimum Gasteiger partial charge on any atom is -0.389 e. The molecule has 2 atom stereocenters. The van der Waals surface area contributed by atoms with Crippen LogP contribution < -0.4 is 5.73 Å². The molecule has 0 heterocycles. The number of benzene rings is 1. The fraction of sp³-hybridized carbons (Fsp3) is 0.400. The van der Waals surface area contributed by atoms with Crippen LogP contribution in [0, 0.1) is 0 Å². The van der Waals surface area contributed by atoms with E-state index < -0.39 is 18.8 Å². The summed E-state index contributed by atoms with van der Waals surface area (Å²) in [6, 6.07) is 8.98. The second-order valence-corrected chi connectivity index (χ2v) is 3.08. The molecule has 0 spiro atoms. The van der Waals surface area contributed by atoms with E-state index in [0.29, 0.717) is 6.42 Å². The lowest BCUT2D eigenvalue weighted by Crippen LogP contribution is -2.37. The van der Waals surface area contributed by atoms with E-state index in [2.05, 4.69) is 0 Å². The number of halogens is 1. The van der Waals surface area contributed by atoms with E-state index >= 15 is 0 Å². The second kappa shape index (κ2) is 4.94. The first kappa shape index (κ1) is 10.2. The van der Waals surface area contributed by atoms with E-state index in [1.54, 1.807) is 0 Å². The monoisotopic (exact) mass is 183 g/mol. The Balaban J connectivity index is 2.50. The van der Waals surface area contributed by atoms with Gasteiger partial charge in [-0.15, -0.1) is 0 Å². The Bertz CT molecular complexity index is 240. The van der Waals surface area contributed by atoms with Gasteiger partial charge in [0.25, 0.3) is 0 Å². The molecule has 1 rings (SSSR count). The number of hydrogen-bond donors (Lipinski definition) is 2. The molecule has 0 aliphatic rings. The Morgan fingerprint density at radius 1 is 1.31 bits per heavy atom. The molecule has 72 valence electrons. The third-order valence-electron chi connectivity index (χ3n) is 1.97. The molecule has 0 aromatic heterocycles.